The van der Waals surface area contributed by atoms with Crippen molar-refractivity contribution in [3.8, 4) is 11.4 Å². The Kier molecular flexibility index (Phi) is 5.76. The molecule has 0 amide bonds. The number of aromatic nitrogens is 3. The van der Waals surface area contributed by atoms with Crippen LogP contribution in [0.5, 0.6) is 0 Å². The molecule has 2 heterocycles. The normalized spacial score (nSPS) is 11.0. The number of aryl methyl sites for hydroxylation is 2. The molecule has 1 aromatic carbocycles. The highest BCUT2D eigenvalue weighted by atomic mass is 32.2. The fourth-order valence-corrected chi connectivity index (χ4v) is 4.87. The zero-order valence-corrected chi connectivity index (χ0v) is 16.6. The number of hydrogen-bond donors (Lipinski definition) is 0. The maximum Gasteiger partial charge on any atom is 0.192 e. The lowest BCUT2D eigenvalue weighted by Gasteiger charge is -2.09. The molecule has 130 valence electrons. The zero-order valence-electron chi connectivity index (χ0n) is 15.0. The second-order valence-corrected chi connectivity index (χ2v) is 7.98. The number of allylic oxidation sites excluding steroid dienone is 1. The number of thiophene rings is 1. The quantitative estimate of drug-likeness (QED) is 0.397. The SMILES string of the molecule is C=CCn1c(SCc2ccccc2C)nnc1-c1csc(C)c1CC. The molecular formula is C20H23N3S2. The summed E-state index contributed by atoms with van der Waals surface area (Å²) < 4.78 is 2.18. The number of rotatable bonds is 7. The van der Waals surface area contributed by atoms with E-state index < -0.39 is 0 Å². The molecule has 0 unspecified atom stereocenters. The van der Waals surface area contributed by atoms with Gasteiger partial charge in [-0.1, -0.05) is 49.0 Å². The molecule has 0 aliphatic heterocycles. The Morgan fingerprint density at radius 3 is 2.76 bits per heavy atom. The Balaban J connectivity index is 1.92. The first-order valence-electron chi connectivity index (χ1n) is 8.44. The molecule has 5 heteroatoms. The summed E-state index contributed by atoms with van der Waals surface area (Å²) in [5.41, 5.74) is 5.23. The third-order valence-electron chi connectivity index (χ3n) is 4.34. The van der Waals surface area contributed by atoms with Crippen LogP contribution < -0.4 is 0 Å². The summed E-state index contributed by atoms with van der Waals surface area (Å²) in [5.74, 6) is 1.85. The Morgan fingerprint density at radius 1 is 1.24 bits per heavy atom. The highest BCUT2D eigenvalue weighted by Gasteiger charge is 2.18. The van der Waals surface area contributed by atoms with E-state index in [2.05, 4.69) is 71.8 Å². The Bertz CT molecular complexity index is 877. The van der Waals surface area contributed by atoms with Crippen LogP contribution in [0.2, 0.25) is 0 Å². The number of hydrogen-bond acceptors (Lipinski definition) is 4. The minimum absolute atomic E-state index is 0.719. The molecule has 3 nitrogen and oxygen atoms in total. The molecule has 3 aromatic rings. The fourth-order valence-electron chi connectivity index (χ4n) is 2.91. The van der Waals surface area contributed by atoms with E-state index in [-0.39, 0.29) is 0 Å². The first-order valence-corrected chi connectivity index (χ1v) is 10.3. The largest absolute Gasteiger partial charge is 0.298 e. The Labute approximate surface area is 157 Å². The summed E-state index contributed by atoms with van der Waals surface area (Å²) in [5, 5.41) is 12.1. The topological polar surface area (TPSA) is 30.7 Å². The minimum atomic E-state index is 0.719. The summed E-state index contributed by atoms with van der Waals surface area (Å²) in [7, 11) is 0. The van der Waals surface area contributed by atoms with Gasteiger partial charge < -0.3 is 0 Å². The molecule has 0 bridgehead atoms. The molecule has 0 saturated carbocycles. The second-order valence-electron chi connectivity index (χ2n) is 5.96. The second kappa shape index (κ2) is 8.02. The maximum absolute atomic E-state index is 4.51. The van der Waals surface area contributed by atoms with Crippen molar-refractivity contribution < 1.29 is 0 Å². The fraction of sp³-hybridized carbons (Fsp3) is 0.300. The average molecular weight is 370 g/mol. The molecule has 25 heavy (non-hydrogen) atoms. The highest BCUT2D eigenvalue weighted by Crippen LogP contribution is 2.33. The average Bonchev–Trinajstić information content (AvgIpc) is 3.17. The first-order chi connectivity index (χ1) is 12.2. The van der Waals surface area contributed by atoms with Crippen LogP contribution in [0.4, 0.5) is 0 Å². The van der Waals surface area contributed by atoms with Crippen LogP contribution >= 0.6 is 23.1 Å². The van der Waals surface area contributed by atoms with Gasteiger partial charge in [0.15, 0.2) is 11.0 Å². The maximum atomic E-state index is 4.51. The summed E-state index contributed by atoms with van der Waals surface area (Å²) >= 11 is 3.52. The lowest BCUT2D eigenvalue weighted by Crippen LogP contribution is -2.01. The van der Waals surface area contributed by atoms with Gasteiger partial charge in [-0.25, -0.2) is 0 Å². The van der Waals surface area contributed by atoms with Gasteiger partial charge in [-0.3, -0.25) is 4.57 Å². The van der Waals surface area contributed by atoms with Crippen LogP contribution in [0.15, 0.2) is 47.5 Å². The molecule has 0 N–H and O–H groups in total. The number of benzene rings is 1. The van der Waals surface area contributed by atoms with Gasteiger partial charge in [0, 0.05) is 28.1 Å². The minimum Gasteiger partial charge on any atom is -0.298 e. The van der Waals surface area contributed by atoms with Gasteiger partial charge in [0.05, 0.1) is 0 Å². The van der Waals surface area contributed by atoms with E-state index in [0.717, 1.165) is 29.7 Å². The van der Waals surface area contributed by atoms with E-state index in [1.165, 1.54) is 27.1 Å². The van der Waals surface area contributed by atoms with E-state index in [4.69, 9.17) is 0 Å². The first kappa shape index (κ1) is 18.0. The van der Waals surface area contributed by atoms with E-state index in [9.17, 15) is 0 Å². The van der Waals surface area contributed by atoms with Crippen molar-refractivity contribution in [2.24, 2.45) is 0 Å². The van der Waals surface area contributed by atoms with Gasteiger partial charge in [-0.2, -0.15) is 0 Å². The van der Waals surface area contributed by atoms with Gasteiger partial charge in [0.1, 0.15) is 0 Å². The molecule has 0 fully saturated rings. The molecule has 0 radical (unpaired) electrons. The monoisotopic (exact) mass is 369 g/mol. The molecule has 0 atom stereocenters. The van der Waals surface area contributed by atoms with Crippen LogP contribution in [-0.4, -0.2) is 14.8 Å². The summed E-state index contributed by atoms with van der Waals surface area (Å²) in [6, 6.07) is 8.49. The van der Waals surface area contributed by atoms with Crippen LogP contribution in [0, 0.1) is 13.8 Å². The lowest BCUT2D eigenvalue weighted by molar-refractivity contribution is 0.730. The van der Waals surface area contributed by atoms with Gasteiger partial charge in [0.25, 0.3) is 0 Å². The Morgan fingerprint density at radius 2 is 2.04 bits per heavy atom. The summed E-state index contributed by atoms with van der Waals surface area (Å²) in [4.78, 5) is 1.36. The molecule has 0 spiro atoms. The van der Waals surface area contributed by atoms with Crippen molar-refractivity contribution in [2.45, 2.75) is 44.6 Å². The van der Waals surface area contributed by atoms with Gasteiger partial charge in [-0.15, -0.1) is 28.1 Å². The predicted octanol–water partition coefficient (Wildman–Crippen LogP) is 5.66. The van der Waals surface area contributed by atoms with Crippen molar-refractivity contribution in [2.75, 3.05) is 0 Å². The highest BCUT2D eigenvalue weighted by molar-refractivity contribution is 7.98. The van der Waals surface area contributed by atoms with Crippen molar-refractivity contribution in [3.63, 3.8) is 0 Å². The van der Waals surface area contributed by atoms with E-state index in [1.54, 1.807) is 23.1 Å². The smallest absolute Gasteiger partial charge is 0.192 e. The molecular weight excluding hydrogens is 346 g/mol. The molecule has 0 aliphatic rings. The molecule has 0 aliphatic carbocycles. The van der Waals surface area contributed by atoms with Crippen molar-refractivity contribution in [1.29, 1.82) is 0 Å². The summed E-state index contributed by atoms with van der Waals surface area (Å²) in [6.45, 7) is 11.1. The third-order valence-corrected chi connectivity index (χ3v) is 6.31. The Hall–Kier alpha value is -1.85. The van der Waals surface area contributed by atoms with Gasteiger partial charge in [-0.05, 0) is 37.0 Å². The molecule has 3 rings (SSSR count). The van der Waals surface area contributed by atoms with Crippen LogP contribution in [-0.2, 0) is 18.7 Å². The van der Waals surface area contributed by atoms with Crippen LogP contribution in [0.1, 0.15) is 28.5 Å². The lowest BCUT2D eigenvalue weighted by atomic mass is 10.1. The third kappa shape index (κ3) is 3.72. The van der Waals surface area contributed by atoms with Crippen molar-refractivity contribution in [1.82, 2.24) is 14.8 Å². The van der Waals surface area contributed by atoms with Crippen molar-refractivity contribution in [3.05, 3.63) is 63.9 Å². The predicted molar refractivity (Wildman–Crippen MR) is 108 cm³/mol. The zero-order chi connectivity index (χ0) is 17.8. The van der Waals surface area contributed by atoms with Gasteiger partial charge in [0.2, 0.25) is 0 Å². The van der Waals surface area contributed by atoms with E-state index in [1.807, 2.05) is 6.08 Å². The summed E-state index contributed by atoms with van der Waals surface area (Å²) in [6.07, 6.45) is 2.92. The van der Waals surface area contributed by atoms with Gasteiger partial charge >= 0.3 is 0 Å². The van der Waals surface area contributed by atoms with E-state index >= 15 is 0 Å². The van der Waals surface area contributed by atoms with Crippen LogP contribution in [0.25, 0.3) is 11.4 Å². The molecule has 0 saturated heterocycles. The van der Waals surface area contributed by atoms with Crippen LogP contribution in [0.3, 0.4) is 0 Å². The van der Waals surface area contributed by atoms with E-state index in [0.29, 0.717) is 0 Å². The number of thioether (sulfide) groups is 1. The standard InChI is InChI=1S/C20H23N3S2/c1-5-11-23-19(18-13-24-15(4)17(18)6-2)21-22-20(23)25-12-16-10-8-7-9-14(16)3/h5,7-10,13H,1,6,11-12H2,2-4H3. The number of nitrogens with zero attached hydrogens (tertiary/aromatic N) is 3. The van der Waals surface area contributed by atoms with Crippen molar-refractivity contribution >= 4 is 23.1 Å². The molecule has 2 aromatic heterocycles.